The third-order valence-electron chi connectivity index (χ3n) is 6.34. The Hall–Kier alpha value is 1.40. The largest absolute Gasteiger partial charge is 0.388 e. The Morgan fingerprint density at radius 3 is 2.40 bits per heavy atom. The minimum atomic E-state index is -0.412. The molecule has 9 atom stereocenters. The molecule has 0 saturated heterocycles. The second kappa shape index (κ2) is 2.17. The zero-order valence-electron chi connectivity index (χ0n) is 7.91. The molecule has 6 bridgehead atoms. The normalized spacial score (nSPS) is 79.2. The number of alkyl halides is 3. The Morgan fingerprint density at radius 2 is 1.73 bits per heavy atom. The van der Waals surface area contributed by atoms with Crippen LogP contribution >= 0.6 is 47.8 Å². The van der Waals surface area contributed by atoms with Gasteiger partial charge in [-0.15, -0.1) is 0 Å². The van der Waals surface area contributed by atoms with Crippen molar-refractivity contribution < 1.29 is 5.11 Å². The Kier molecular flexibility index (Phi) is 1.35. The average molecular weight is 399 g/mol. The second-order valence-corrected chi connectivity index (χ2v) is 10.9. The summed E-state index contributed by atoms with van der Waals surface area (Å²) in [6, 6.07) is 0. The standard InChI is InChI=1S/C11H11Br3O/c12-9-5-3-1-2-4(5)8-10(9,15)6(3)7(2)11(8,13)14/h2-9,15H,1H2/t2-,3+,4-,5+,6-,7+,8-,9-,10+/m0/s1. The van der Waals surface area contributed by atoms with Crippen LogP contribution in [0.2, 0.25) is 0 Å². The van der Waals surface area contributed by atoms with Gasteiger partial charge in [0, 0.05) is 10.7 Å². The zero-order valence-corrected chi connectivity index (χ0v) is 12.7. The molecule has 6 rings (SSSR count). The van der Waals surface area contributed by atoms with E-state index in [-0.39, 0.29) is 3.23 Å². The molecule has 0 radical (unpaired) electrons. The average Bonchev–Trinajstić information content (AvgIpc) is 2.81. The number of halogens is 3. The lowest BCUT2D eigenvalue weighted by atomic mass is 9.69. The lowest BCUT2D eigenvalue weighted by Gasteiger charge is -2.38. The molecule has 6 saturated carbocycles. The molecule has 0 heterocycles. The van der Waals surface area contributed by atoms with Gasteiger partial charge in [-0.3, -0.25) is 0 Å². The number of hydrogen-bond donors (Lipinski definition) is 1. The molecule has 82 valence electrons. The smallest absolute Gasteiger partial charge is 0.0898 e. The number of hydrogen-bond acceptors (Lipinski definition) is 1. The van der Waals surface area contributed by atoms with Gasteiger partial charge in [-0.25, -0.2) is 0 Å². The SMILES string of the molecule is O[C@@]12[C@H]3[C@@H]4C[C@H]5[C@@H]([C@@H]4[C@@H]1Br)[C@@H]2C(Br)(Br)[C@H]53. The van der Waals surface area contributed by atoms with Crippen LogP contribution < -0.4 is 0 Å². The van der Waals surface area contributed by atoms with Gasteiger partial charge in [-0.1, -0.05) is 47.8 Å². The van der Waals surface area contributed by atoms with Gasteiger partial charge in [0.1, 0.15) is 0 Å². The summed E-state index contributed by atoms with van der Waals surface area (Å²) in [6.07, 6.45) is 1.38. The second-order valence-electron chi connectivity index (χ2n) is 6.21. The molecule has 1 nitrogen and oxygen atoms in total. The lowest BCUT2D eigenvalue weighted by Crippen LogP contribution is -2.46. The van der Waals surface area contributed by atoms with E-state index in [2.05, 4.69) is 47.8 Å². The molecular weight excluding hydrogens is 388 g/mol. The molecular formula is C11H11Br3O. The first-order chi connectivity index (χ1) is 7.00. The minimum absolute atomic E-state index is 0.0424. The van der Waals surface area contributed by atoms with Crippen molar-refractivity contribution in [1.29, 1.82) is 0 Å². The topological polar surface area (TPSA) is 20.2 Å². The summed E-state index contributed by atoms with van der Waals surface area (Å²) < 4.78 is 0.0424. The molecule has 0 amide bonds. The Morgan fingerprint density at radius 1 is 1.07 bits per heavy atom. The summed E-state index contributed by atoms with van der Waals surface area (Å²) in [4.78, 5) is 0.363. The summed E-state index contributed by atoms with van der Waals surface area (Å²) in [5.41, 5.74) is -0.412. The molecule has 0 aromatic rings. The van der Waals surface area contributed by atoms with Crippen molar-refractivity contribution in [3.05, 3.63) is 0 Å². The first kappa shape index (κ1) is 9.35. The third kappa shape index (κ3) is 0.609. The van der Waals surface area contributed by atoms with Gasteiger partial charge in [0.05, 0.1) is 8.83 Å². The molecule has 6 aliphatic carbocycles. The van der Waals surface area contributed by atoms with Crippen LogP contribution in [-0.2, 0) is 0 Å². The molecule has 0 aliphatic heterocycles. The van der Waals surface area contributed by atoms with E-state index in [9.17, 15) is 5.11 Å². The van der Waals surface area contributed by atoms with Crippen molar-refractivity contribution in [2.24, 2.45) is 41.4 Å². The highest BCUT2D eigenvalue weighted by Crippen LogP contribution is 2.89. The van der Waals surface area contributed by atoms with Crippen molar-refractivity contribution >= 4 is 47.8 Å². The van der Waals surface area contributed by atoms with E-state index in [1.54, 1.807) is 0 Å². The van der Waals surface area contributed by atoms with E-state index in [0.29, 0.717) is 22.6 Å². The third-order valence-corrected chi connectivity index (χ3v) is 9.73. The fourth-order valence-electron chi connectivity index (χ4n) is 6.49. The van der Waals surface area contributed by atoms with Crippen LogP contribution in [0.3, 0.4) is 0 Å². The van der Waals surface area contributed by atoms with E-state index >= 15 is 0 Å². The van der Waals surface area contributed by atoms with Gasteiger partial charge >= 0.3 is 0 Å². The van der Waals surface area contributed by atoms with Gasteiger partial charge in [-0.2, -0.15) is 0 Å². The summed E-state index contributed by atoms with van der Waals surface area (Å²) in [7, 11) is 0. The summed E-state index contributed by atoms with van der Waals surface area (Å²) >= 11 is 11.6. The summed E-state index contributed by atoms with van der Waals surface area (Å²) in [5.74, 6) is 4.93. The van der Waals surface area contributed by atoms with E-state index < -0.39 is 5.60 Å². The molecule has 0 aromatic heterocycles. The fraction of sp³-hybridized carbons (Fsp3) is 1.00. The highest BCUT2D eigenvalue weighted by molar-refractivity contribution is 9.25. The molecule has 0 unspecified atom stereocenters. The molecule has 6 fully saturated rings. The Bertz CT molecular complexity index is 395. The molecule has 15 heavy (non-hydrogen) atoms. The van der Waals surface area contributed by atoms with E-state index in [0.717, 1.165) is 23.7 Å². The fourth-order valence-corrected chi connectivity index (χ4v) is 10.4. The van der Waals surface area contributed by atoms with E-state index in [1.165, 1.54) is 6.42 Å². The highest BCUT2D eigenvalue weighted by atomic mass is 79.9. The number of aliphatic hydroxyl groups is 1. The maximum atomic E-state index is 11.0. The van der Waals surface area contributed by atoms with Gasteiger partial charge < -0.3 is 5.11 Å². The first-order valence-corrected chi connectivity index (χ1v) is 8.25. The van der Waals surface area contributed by atoms with Crippen LogP contribution in [0, 0.1) is 41.4 Å². The van der Waals surface area contributed by atoms with Crippen LogP contribution in [0.15, 0.2) is 0 Å². The maximum absolute atomic E-state index is 11.0. The number of rotatable bonds is 0. The quantitative estimate of drug-likeness (QED) is 0.622. The molecule has 6 aliphatic rings. The molecule has 0 aromatic carbocycles. The molecule has 1 N–H and O–H groups in total. The summed E-state index contributed by atoms with van der Waals surface area (Å²) in [5, 5.41) is 11.0. The van der Waals surface area contributed by atoms with Crippen LogP contribution in [0.1, 0.15) is 6.42 Å². The Labute approximate surface area is 114 Å². The van der Waals surface area contributed by atoms with Gasteiger partial charge in [-0.05, 0) is 41.9 Å². The highest BCUT2D eigenvalue weighted by Gasteiger charge is 2.91. The Balaban J connectivity index is 1.88. The van der Waals surface area contributed by atoms with Crippen molar-refractivity contribution in [3.8, 4) is 0 Å². The van der Waals surface area contributed by atoms with Crippen LogP contribution in [-0.4, -0.2) is 18.8 Å². The predicted molar refractivity (Wildman–Crippen MR) is 67.3 cm³/mol. The molecule has 4 heteroatoms. The van der Waals surface area contributed by atoms with Crippen LogP contribution in [0.4, 0.5) is 0 Å². The van der Waals surface area contributed by atoms with Crippen molar-refractivity contribution in [2.45, 2.75) is 20.1 Å². The van der Waals surface area contributed by atoms with Crippen LogP contribution in [0.25, 0.3) is 0 Å². The van der Waals surface area contributed by atoms with Crippen molar-refractivity contribution in [1.82, 2.24) is 0 Å². The lowest BCUT2D eigenvalue weighted by molar-refractivity contribution is -0.0514. The van der Waals surface area contributed by atoms with Crippen LogP contribution in [0.5, 0.6) is 0 Å². The predicted octanol–water partition coefficient (Wildman–Crippen LogP) is 2.74. The monoisotopic (exact) mass is 396 g/mol. The van der Waals surface area contributed by atoms with Crippen molar-refractivity contribution in [2.75, 3.05) is 0 Å². The van der Waals surface area contributed by atoms with E-state index in [1.807, 2.05) is 0 Å². The van der Waals surface area contributed by atoms with Crippen molar-refractivity contribution in [3.63, 3.8) is 0 Å². The van der Waals surface area contributed by atoms with Gasteiger partial charge in [0.2, 0.25) is 0 Å². The van der Waals surface area contributed by atoms with E-state index in [4.69, 9.17) is 0 Å². The summed E-state index contributed by atoms with van der Waals surface area (Å²) in [6.45, 7) is 0. The first-order valence-electron chi connectivity index (χ1n) is 5.75. The zero-order chi connectivity index (χ0) is 10.3. The minimum Gasteiger partial charge on any atom is -0.388 e. The van der Waals surface area contributed by atoms with Gasteiger partial charge in [0.25, 0.3) is 0 Å². The molecule has 0 spiro atoms. The van der Waals surface area contributed by atoms with Gasteiger partial charge in [0.15, 0.2) is 0 Å². The maximum Gasteiger partial charge on any atom is 0.0898 e.